The van der Waals surface area contributed by atoms with Crippen LogP contribution in [0.3, 0.4) is 0 Å². The first-order valence-electron chi connectivity index (χ1n) is 6.40. The Labute approximate surface area is 122 Å². The quantitative estimate of drug-likeness (QED) is 0.908. The third-order valence-electron chi connectivity index (χ3n) is 2.99. The number of aryl methyl sites for hydroxylation is 2. The molecule has 0 unspecified atom stereocenters. The molecule has 20 heavy (non-hydrogen) atoms. The van der Waals surface area contributed by atoms with Gasteiger partial charge in [0.2, 0.25) is 0 Å². The first kappa shape index (κ1) is 14.5. The van der Waals surface area contributed by atoms with Gasteiger partial charge in [0.25, 0.3) is 5.91 Å². The molecule has 6 heteroatoms. The number of hydrogen-bond acceptors (Lipinski definition) is 5. The fourth-order valence-electron chi connectivity index (χ4n) is 2.08. The predicted octanol–water partition coefficient (Wildman–Crippen LogP) is 2.69. The van der Waals surface area contributed by atoms with Gasteiger partial charge in [0.1, 0.15) is 5.82 Å². The molecule has 0 fully saturated rings. The lowest BCUT2D eigenvalue weighted by molar-refractivity contribution is 0.0939. The number of carbonyl (C=O) groups is 1. The molecule has 0 aliphatic heterocycles. The summed E-state index contributed by atoms with van der Waals surface area (Å²) in [4.78, 5) is 22.1. The number of nitrogens with one attached hydrogen (secondary N) is 2. The maximum atomic E-state index is 12.3. The largest absolute Gasteiger partial charge is 0.372 e. The van der Waals surface area contributed by atoms with Gasteiger partial charge in [0.15, 0.2) is 0 Å². The van der Waals surface area contributed by atoms with Crippen molar-refractivity contribution in [2.24, 2.45) is 0 Å². The Morgan fingerprint density at radius 2 is 2.15 bits per heavy atom. The average Bonchev–Trinajstić information content (AvgIpc) is 2.77. The minimum Gasteiger partial charge on any atom is -0.372 e. The van der Waals surface area contributed by atoms with Crippen molar-refractivity contribution in [2.75, 3.05) is 12.4 Å². The Bertz CT molecular complexity index is 623. The molecule has 2 rings (SSSR count). The van der Waals surface area contributed by atoms with Crippen LogP contribution in [-0.4, -0.2) is 22.9 Å². The van der Waals surface area contributed by atoms with Crippen molar-refractivity contribution >= 4 is 23.1 Å². The van der Waals surface area contributed by atoms with E-state index in [0.29, 0.717) is 11.4 Å². The van der Waals surface area contributed by atoms with E-state index in [9.17, 15) is 4.79 Å². The van der Waals surface area contributed by atoms with Crippen molar-refractivity contribution in [3.05, 3.63) is 39.5 Å². The smallest absolute Gasteiger partial charge is 0.255 e. The van der Waals surface area contributed by atoms with Crippen LogP contribution < -0.4 is 10.6 Å². The van der Waals surface area contributed by atoms with E-state index >= 15 is 0 Å². The fourth-order valence-corrected chi connectivity index (χ4v) is 2.99. The van der Waals surface area contributed by atoms with Gasteiger partial charge in [-0.2, -0.15) is 0 Å². The van der Waals surface area contributed by atoms with Gasteiger partial charge >= 0.3 is 0 Å². The fraction of sp³-hybridized carbons (Fsp3) is 0.357. The standard InChI is InChI=1S/C14H18N4OS/c1-8(12-9(2)20-10(3)18-12)17-14(19)11-6-5-7-16-13(11)15-4/h5-8H,1-4H3,(H,15,16)(H,17,19)/t8-/m1/s1. The summed E-state index contributed by atoms with van der Waals surface area (Å²) in [5, 5.41) is 6.90. The van der Waals surface area contributed by atoms with Crippen molar-refractivity contribution in [1.29, 1.82) is 0 Å². The molecule has 0 aliphatic carbocycles. The number of hydrogen-bond donors (Lipinski definition) is 2. The Balaban J connectivity index is 2.17. The normalized spacial score (nSPS) is 12.0. The van der Waals surface area contributed by atoms with Gasteiger partial charge in [0.05, 0.1) is 22.3 Å². The van der Waals surface area contributed by atoms with Gasteiger partial charge in [-0.05, 0) is 32.9 Å². The molecule has 0 aromatic carbocycles. The molecule has 2 aromatic heterocycles. The highest BCUT2D eigenvalue weighted by Gasteiger charge is 2.18. The molecule has 0 bridgehead atoms. The Hall–Kier alpha value is -1.95. The van der Waals surface area contributed by atoms with Crippen LogP contribution in [0, 0.1) is 13.8 Å². The van der Waals surface area contributed by atoms with Gasteiger partial charge in [-0.3, -0.25) is 4.79 Å². The molecule has 0 radical (unpaired) electrons. The number of nitrogens with zero attached hydrogens (tertiary/aromatic N) is 2. The maximum Gasteiger partial charge on any atom is 0.255 e. The molecule has 1 atom stereocenters. The molecular formula is C14H18N4OS. The molecule has 2 aromatic rings. The molecule has 0 saturated carbocycles. The van der Waals surface area contributed by atoms with Crippen LogP contribution in [-0.2, 0) is 0 Å². The summed E-state index contributed by atoms with van der Waals surface area (Å²) in [6.45, 7) is 5.93. The summed E-state index contributed by atoms with van der Waals surface area (Å²) in [7, 11) is 1.75. The van der Waals surface area contributed by atoms with Crippen molar-refractivity contribution in [3.8, 4) is 0 Å². The summed E-state index contributed by atoms with van der Waals surface area (Å²) in [5.74, 6) is 0.420. The average molecular weight is 290 g/mol. The first-order chi connectivity index (χ1) is 9.52. The molecule has 5 nitrogen and oxygen atoms in total. The highest BCUT2D eigenvalue weighted by atomic mass is 32.1. The van der Waals surface area contributed by atoms with E-state index in [4.69, 9.17) is 0 Å². The number of amides is 1. The van der Waals surface area contributed by atoms with E-state index in [-0.39, 0.29) is 11.9 Å². The van der Waals surface area contributed by atoms with Crippen LogP contribution in [0.1, 0.15) is 38.9 Å². The van der Waals surface area contributed by atoms with Crippen LogP contribution >= 0.6 is 11.3 Å². The zero-order chi connectivity index (χ0) is 14.7. The number of thiazole rings is 1. The maximum absolute atomic E-state index is 12.3. The number of aromatic nitrogens is 2. The predicted molar refractivity (Wildman–Crippen MR) is 81.3 cm³/mol. The second-order valence-corrected chi connectivity index (χ2v) is 5.93. The second-order valence-electron chi connectivity index (χ2n) is 4.52. The van der Waals surface area contributed by atoms with Crippen molar-refractivity contribution in [2.45, 2.75) is 26.8 Å². The Morgan fingerprint density at radius 1 is 1.40 bits per heavy atom. The Kier molecular flexibility index (Phi) is 4.34. The molecule has 2 heterocycles. The molecule has 2 N–H and O–H groups in total. The SMILES string of the molecule is CNc1ncccc1C(=O)N[C@H](C)c1nc(C)sc1C. The van der Waals surface area contributed by atoms with Crippen LogP contribution in [0.4, 0.5) is 5.82 Å². The topological polar surface area (TPSA) is 66.9 Å². The van der Waals surface area contributed by atoms with Crippen molar-refractivity contribution in [3.63, 3.8) is 0 Å². The van der Waals surface area contributed by atoms with E-state index < -0.39 is 0 Å². The third kappa shape index (κ3) is 2.96. The van der Waals surface area contributed by atoms with E-state index in [2.05, 4.69) is 20.6 Å². The number of rotatable bonds is 4. The highest BCUT2D eigenvalue weighted by Crippen LogP contribution is 2.23. The zero-order valence-electron chi connectivity index (χ0n) is 12.0. The molecule has 0 spiro atoms. The number of anilines is 1. The monoisotopic (exact) mass is 290 g/mol. The van der Waals surface area contributed by atoms with E-state index in [1.807, 2.05) is 20.8 Å². The van der Waals surface area contributed by atoms with Gasteiger partial charge in [-0.15, -0.1) is 11.3 Å². The Morgan fingerprint density at radius 3 is 2.75 bits per heavy atom. The van der Waals surface area contributed by atoms with Crippen LogP contribution in [0.2, 0.25) is 0 Å². The summed E-state index contributed by atoms with van der Waals surface area (Å²) < 4.78 is 0. The minimum atomic E-state index is -0.153. The summed E-state index contributed by atoms with van der Waals surface area (Å²) in [6.07, 6.45) is 1.65. The highest BCUT2D eigenvalue weighted by molar-refractivity contribution is 7.11. The van der Waals surface area contributed by atoms with E-state index in [1.165, 1.54) is 0 Å². The van der Waals surface area contributed by atoms with Gasteiger partial charge in [-0.25, -0.2) is 9.97 Å². The number of carbonyl (C=O) groups excluding carboxylic acids is 1. The van der Waals surface area contributed by atoms with Crippen molar-refractivity contribution < 1.29 is 4.79 Å². The third-order valence-corrected chi connectivity index (χ3v) is 3.89. The van der Waals surface area contributed by atoms with Crippen LogP contribution in [0.15, 0.2) is 18.3 Å². The van der Waals surface area contributed by atoms with Gasteiger partial charge in [-0.1, -0.05) is 0 Å². The van der Waals surface area contributed by atoms with E-state index in [1.54, 1.807) is 36.7 Å². The van der Waals surface area contributed by atoms with Crippen LogP contribution in [0.25, 0.3) is 0 Å². The van der Waals surface area contributed by atoms with Gasteiger partial charge in [0, 0.05) is 18.1 Å². The first-order valence-corrected chi connectivity index (χ1v) is 7.22. The molecule has 1 amide bonds. The second kappa shape index (κ2) is 6.00. The lowest BCUT2D eigenvalue weighted by Crippen LogP contribution is -2.28. The zero-order valence-corrected chi connectivity index (χ0v) is 12.8. The van der Waals surface area contributed by atoms with Gasteiger partial charge < -0.3 is 10.6 Å². The number of pyridine rings is 1. The van der Waals surface area contributed by atoms with Crippen LogP contribution in [0.5, 0.6) is 0 Å². The lowest BCUT2D eigenvalue weighted by atomic mass is 10.2. The lowest BCUT2D eigenvalue weighted by Gasteiger charge is -2.14. The molecule has 106 valence electrons. The molecular weight excluding hydrogens is 272 g/mol. The van der Waals surface area contributed by atoms with Crippen molar-refractivity contribution in [1.82, 2.24) is 15.3 Å². The summed E-state index contributed by atoms with van der Waals surface area (Å²) >= 11 is 1.64. The van der Waals surface area contributed by atoms with E-state index in [0.717, 1.165) is 15.6 Å². The molecule has 0 saturated heterocycles. The minimum absolute atomic E-state index is 0.127. The summed E-state index contributed by atoms with van der Waals surface area (Å²) in [6, 6.07) is 3.37. The molecule has 0 aliphatic rings. The summed E-state index contributed by atoms with van der Waals surface area (Å²) in [5.41, 5.74) is 1.46.